The van der Waals surface area contributed by atoms with E-state index in [-0.39, 0.29) is 6.29 Å². The van der Waals surface area contributed by atoms with Crippen LogP contribution >= 0.6 is 0 Å². The van der Waals surface area contributed by atoms with Gasteiger partial charge in [-0.2, -0.15) is 0 Å². The third-order valence-electron chi connectivity index (χ3n) is 1.65. The first kappa shape index (κ1) is 11.5. The molecule has 0 aliphatic rings. The summed E-state index contributed by atoms with van der Waals surface area (Å²) in [6, 6.07) is 0. The van der Waals surface area contributed by atoms with E-state index in [9.17, 15) is 4.79 Å². The van der Waals surface area contributed by atoms with Gasteiger partial charge in [0.1, 0.15) is 24.4 Å². The number of ether oxygens (including phenoxy) is 1. The average molecular weight is 211 g/mol. The second-order valence-corrected chi connectivity index (χ2v) is 2.66. The summed E-state index contributed by atoms with van der Waals surface area (Å²) in [5.74, 6) is 0. The monoisotopic (exact) mass is 211 g/mol. The number of aliphatic hydroxyl groups excluding tert-OH is 5. The third kappa shape index (κ3) is 3.29. The van der Waals surface area contributed by atoms with Gasteiger partial charge in [-0.25, -0.2) is 0 Å². The summed E-state index contributed by atoms with van der Waals surface area (Å²) in [7, 11) is -0.655. The number of carbonyl (C=O) groups is 1. The molecule has 0 rings (SSSR count). The molecule has 0 bridgehead atoms. The van der Waals surface area contributed by atoms with E-state index in [1.165, 1.54) is 0 Å². The van der Waals surface area contributed by atoms with Gasteiger partial charge in [-0.15, -0.1) is 0 Å². The molecule has 14 heavy (non-hydrogen) atoms. The van der Waals surface area contributed by atoms with E-state index in [0.717, 1.165) is 0 Å². The number of aliphatic hydroxyl groups is 5. The molecule has 1 unspecified atom stereocenters. The quantitative estimate of drug-likeness (QED) is 0.229. The largest absolute Gasteiger partial charge is 0.387 e. The zero-order valence-electron chi connectivity index (χ0n) is 8.22. The molecule has 0 aromatic heterocycles. The predicted octanol–water partition coefficient (Wildman–Crippen LogP) is -3.41. The van der Waals surface area contributed by atoms with Crippen molar-refractivity contribution in [2.24, 2.45) is 0 Å². The SMILES string of the molecule is [2H]COC(O)[C@@H](O)[C@@H](O)[C@H](O)[C@@H](O)C=O. The van der Waals surface area contributed by atoms with E-state index in [0.29, 0.717) is 0 Å². The summed E-state index contributed by atoms with van der Waals surface area (Å²) in [4.78, 5) is 10.0. The Balaban J connectivity index is 4.28. The highest BCUT2D eigenvalue weighted by atomic mass is 16.6. The smallest absolute Gasteiger partial charge is 0.183 e. The molecular weight excluding hydrogens is 196 g/mol. The first-order valence-electron chi connectivity index (χ1n) is 4.42. The van der Waals surface area contributed by atoms with Crippen molar-refractivity contribution in [3.63, 3.8) is 0 Å². The molecule has 0 aliphatic heterocycles. The molecule has 0 fully saturated rings. The lowest BCUT2D eigenvalue weighted by Gasteiger charge is -2.26. The molecule has 0 aliphatic carbocycles. The van der Waals surface area contributed by atoms with Crippen LogP contribution in [0.15, 0.2) is 0 Å². The molecular formula is C7H14O7. The highest BCUT2D eigenvalue weighted by Crippen LogP contribution is 2.07. The highest BCUT2D eigenvalue weighted by molar-refractivity contribution is 5.56. The van der Waals surface area contributed by atoms with Crippen LogP contribution in [0.5, 0.6) is 0 Å². The van der Waals surface area contributed by atoms with Gasteiger partial charge in [0.25, 0.3) is 0 Å². The Labute approximate surface area is 81.6 Å². The van der Waals surface area contributed by atoms with E-state index >= 15 is 0 Å². The Morgan fingerprint density at radius 1 is 1.14 bits per heavy atom. The molecule has 0 saturated heterocycles. The van der Waals surface area contributed by atoms with Crippen LogP contribution < -0.4 is 0 Å². The van der Waals surface area contributed by atoms with Crippen molar-refractivity contribution >= 4 is 6.29 Å². The first-order chi connectivity index (χ1) is 6.95. The number of rotatable bonds is 6. The molecule has 0 aromatic carbocycles. The van der Waals surface area contributed by atoms with Gasteiger partial charge in [0.2, 0.25) is 0 Å². The zero-order valence-corrected chi connectivity index (χ0v) is 7.22. The summed E-state index contributed by atoms with van der Waals surface area (Å²) in [6.07, 6.45) is -9.63. The van der Waals surface area contributed by atoms with Crippen LogP contribution in [0.2, 0.25) is 0 Å². The fourth-order valence-electron chi connectivity index (χ4n) is 0.752. The summed E-state index contributed by atoms with van der Waals surface area (Å²) in [6.45, 7) is 0. The minimum absolute atomic E-state index is 0.0294. The lowest BCUT2D eigenvalue weighted by Crippen LogP contribution is -2.49. The molecule has 0 saturated carbocycles. The summed E-state index contributed by atoms with van der Waals surface area (Å²) in [5.41, 5.74) is 0. The minimum atomic E-state index is -1.97. The highest BCUT2D eigenvalue weighted by Gasteiger charge is 2.34. The van der Waals surface area contributed by atoms with Crippen LogP contribution in [0, 0.1) is 0 Å². The van der Waals surface area contributed by atoms with Gasteiger partial charge in [-0.3, -0.25) is 0 Å². The maximum atomic E-state index is 10.0. The number of aldehydes is 1. The maximum absolute atomic E-state index is 10.0. The van der Waals surface area contributed by atoms with Gasteiger partial charge in [0.05, 0.1) is 1.37 Å². The number of hydrogen-bond donors (Lipinski definition) is 5. The van der Waals surface area contributed by atoms with Gasteiger partial charge in [-0.05, 0) is 0 Å². The number of methoxy groups -OCH3 is 1. The standard InChI is InChI=1S/C7H14O7/c1-14-7(13)6(12)5(11)4(10)3(9)2-8/h2-7,9-13H,1H3/t3-,4+,5-,6-,7?/m0/s1/i1D. The Kier molecular flexibility index (Phi) is 4.94. The summed E-state index contributed by atoms with van der Waals surface area (Å²) in [5, 5.41) is 45.1. The molecule has 0 aromatic rings. The molecule has 5 N–H and O–H groups in total. The van der Waals surface area contributed by atoms with Crippen LogP contribution in [0.1, 0.15) is 1.37 Å². The van der Waals surface area contributed by atoms with E-state index in [2.05, 4.69) is 4.74 Å². The predicted molar refractivity (Wildman–Crippen MR) is 43.1 cm³/mol. The van der Waals surface area contributed by atoms with E-state index in [1.54, 1.807) is 0 Å². The van der Waals surface area contributed by atoms with Crippen molar-refractivity contribution in [1.82, 2.24) is 0 Å². The van der Waals surface area contributed by atoms with Crippen molar-refractivity contribution in [3.8, 4) is 0 Å². The zero-order chi connectivity index (χ0) is 12.0. The van der Waals surface area contributed by atoms with Gasteiger partial charge >= 0.3 is 0 Å². The topological polar surface area (TPSA) is 127 Å². The molecule has 5 atom stereocenters. The Morgan fingerprint density at radius 2 is 1.71 bits per heavy atom. The summed E-state index contributed by atoms with van der Waals surface area (Å²) >= 11 is 0. The molecule has 0 radical (unpaired) electrons. The Hall–Kier alpha value is -0.570. The van der Waals surface area contributed by atoms with E-state index in [1.807, 2.05) is 0 Å². The van der Waals surface area contributed by atoms with E-state index < -0.39 is 37.8 Å². The van der Waals surface area contributed by atoms with Crippen molar-refractivity contribution in [1.29, 1.82) is 0 Å². The molecule has 0 heterocycles. The van der Waals surface area contributed by atoms with Crippen molar-refractivity contribution in [2.75, 3.05) is 7.09 Å². The fraction of sp³-hybridized carbons (Fsp3) is 0.857. The normalized spacial score (nSPS) is 23.1. The van der Waals surface area contributed by atoms with Crippen LogP contribution in [0.25, 0.3) is 0 Å². The van der Waals surface area contributed by atoms with Crippen LogP contribution in [-0.2, 0) is 9.53 Å². The molecule has 7 nitrogen and oxygen atoms in total. The first-order valence-corrected chi connectivity index (χ1v) is 3.72. The van der Waals surface area contributed by atoms with Crippen molar-refractivity contribution in [3.05, 3.63) is 0 Å². The van der Waals surface area contributed by atoms with E-state index in [4.69, 9.17) is 26.9 Å². The molecule has 84 valence electrons. The van der Waals surface area contributed by atoms with Gasteiger partial charge in [-0.1, -0.05) is 0 Å². The lowest BCUT2D eigenvalue weighted by molar-refractivity contribution is -0.198. The molecule has 7 heteroatoms. The van der Waals surface area contributed by atoms with Crippen LogP contribution in [0.4, 0.5) is 0 Å². The molecule has 0 spiro atoms. The van der Waals surface area contributed by atoms with Gasteiger partial charge in [0.15, 0.2) is 12.6 Å². The second kappa shape index (κ2) is 6.02. The maximum Gasteiger partial charge on any atom is 0.183 e. The molecule has 0 amide bonds. The summed E-state index contributed by atoms with van der Waals surface area (Å²) < 4.78 is 10.8. The number of hydrogen-bond acceptors (Lipinski definition) is 7. The Bertz CT molecular complexity index is 190. The number of carbonyl (C=O) groups excluding carboxylic acids is 1. The minimum Gasteiger partial charge on any atom is -0.387 e. The Morgan fingerprint density at radius 3 is 2.14 bits per heavy atom. The van der Waals surface area contributed by atoms with Crippen molar-refractivity contribution < 1.29 is 36.4 Å². The van der Waals surface area contributed by atoms with Crippen molar-refractivity contribution in [2.45, 2.75) is 30.7 Å². The lowest BCUT2D eigenvalue weighted by atomic mass is 10.0. The fourth-order valence-corrected chi connectivity index (χ4v) is 0.752. The third-order valence-corrected chi connectivity index (χ3v) is 1.65. The average Bonchev–Trinajstić information content (AvgIpc) is 2.25. The second-order valence-electron chi connectivity index (χ2n) is 2.66. The van der Waals surface area contributed by atoms with Crippen LogP contribution in [-0.4, -0.2) is 69.6 Å². The van der Waals surface area contributed by atoms with Gasteiger partial charge < -0.3 is 35.1 Å². The van der Waals surface area contributed by atoms with Gasteiger partial charge in [0, 0.05) is 7.09 Å². The van der Waals surface area contributed by atoms with Crippen LogP contribution in [0.3, 0.4) is 0 Å².